The number of carbonyl (C=O) groups is 1. The summed E-state index contributed by atoms with van der Waals surface area (Å²) >= 11 is 0. The first-order valence-corrected chi connectivity index (χ1v) is 9.37. The van der Waals surface area contributed by atoms with Crippen LogP contribution in [0.15, 0.2) is 16.9 Å². The summed E-state index contributed by atoms with van der Waals surface area (Å²) < 4.78 is 23.4. The summed E-state index contributed by atoms with van der Waals surface area (Å²) in [5.74, 6) is -0.277. The van der Waals surface area contributed by atoms with Crippen LogP contribution < -0.4 is 5.56 Å². The highest BCUT2D eigenvalue weighted by Gasteiger charge is 2.35. The van der Waals surface area contributed by atoms with Gasteiger partial charge in [-0.05, 0) is 31.9 Å². The Morgan fingerprint density at radius 1 is 1.41 bits per heavy atom. The van der Waals surface area contributed by atoms with Gasteiger partial charge < -0.3 is 9.88 Å². The Labute approximate surface area is 130 Å². The molecule has 1 aromatic heterocycles. The summed E-state index contributed by atoms with van der Waals surface area (Å²) in [4.78, 5) is 28.9. The van der Waals surface area contributed by atoms with Crippen LogP contribution in [0, 0.1) is 6.92 Å². The number of nitrogens with zero attached hydrogens (tertiary/aromatic N) is 1. The van der Waals surface area contributed by atoms with Gasteiger partial charge in [0.15, 0.2) is 9.84 Å². The summed E-state index contributed by atoms with van der Waals surface area (Å²) in [7, 11) is -3.08. The number of rotatable bonds is 5. The molecule has 22 heavy (non-hydrogen) atoms. The molecule has 0 spiro atoms. The molecule has 1 N–H and O–H groups in total. The van der Waals surface area contributed by atoms with E-state index in [4.69, 9.17) is 0 Å². The zero-order valence-electron chi connectivity index (χ0n) is 13.0. The van der Waals surface area contributed by atoms with Gasteiger partial charge in [0, 0.05) is 18.3 Å². The highest BCUT2D eigenvalue weighted by Crippen LogP contribution is 2.20. The van der Waals surface area contributed by atoms with Crippen LogP contribution in [-0.2, 0) is 9.84 Å². The fourth-order valence-corrected chi connectivity index (χ4v) is 4.43. The third-order valence-corrected chi connectivity index (χ3v) is 5.70. The normalized spacial score (nSPS) is 20.0. The van der Waals surface area contributed by atoms with E-state index in [2.05, 4.69) is 4.98 Å². The average molecular weight is 326 g/mol. The zero-order chi connectivity index (χ0) is 16.3. The van der Waals surface area contributed by atoms with Gasteiger partial charge in [-0.1, -0.05) is 13.3 Å². The predicted molar refractivity (Wildman–Crippen MR) is 84.8 cm³/mol. The van der Waals surface area contributed by atoms with Crippen molar-refractivity contribution >= 4 is 15.7 Å². The predicted octanol–water partition coefficient (Wildman–Crippen LogP) is 1.11. The lowest BCUT2D eigenvalue weighted by atomic mass is 10.1. The lowest BCUT2D eigenvalue weighted by molar-refractivity contribution is 0.0692. The summed E-state index contributed by atoms with van der Waals surface area (Å²) in [6.45, 7) is 4.23. The lowest BCUT2D eigenvalue weighted by Crippen LogP contribution is -2.43. The molecule has 1 fully saturated rings. The molecule has 0 radical (unpaired) electrons. The van der Waals surface area contributed by atoms with E-state index in [-0.39, 0.29) is 29.0 Å². The van der Waals surface area contributed by atoms with Crippen LogP contribution in [0.3, 0.4) is 0 Å². The first kappa shape index (κ1) is 16.7. The molecule has 0 aromatic carbocycles. The van der Waals surface area contributed by atoms with Gasteiger partial charge in [0.2, 0.25) is 0 Å². The Morgan fingerprint density at radius 2 is 2.14 bits per heavy atom. The number of carbonyl (C=O) groups excluding carboxylic acids is 1. The van der Waals surface area contributed by atoms with Gasteiger partial charge in [-0.25, -0.2) is 8.42 Å². The summed E-state index contributed by atoms with van der Waals surface area (Å²) in [6, 6.07) is 2.86. The van der Waals surface area contributed by atoms with Crippen molar-refractivity contribution in [2.75, 3.05) is 18.1 Å². The SMILES string of the molecule is CCCCN(C(=O)c1ccc(C)[nH]c1=O)[C@H]1CCS(=O)(=O)C1. The van der Waals surface area contributed by atoms with Crippen LogP contribution >= 0.6 is 0 Å². The standard InChI is InChI=1S/C15H22N2O4S/c1-3-4-8-17(12-7-9-22(20,21)10-12)15(19)13-6-5-11(2)16-14(13)18/h5-6,12H,3-4,7-10H2,1-2H3,(H,16,18)/t12-/m0/s1. The third-order valence-electron chi connectivity index (χ3n) is 3.95. The van der Waals surface area contributed by atoms with E-state index >= 15 is 0 Å². The number of hydrogen-bond donors (Lipinski definition) is 1. The van der Waals surface area contributed by atoms with Crippen molar-refractivity contribution in [2.45, 2.75) is 39.2 Å². The lowest BCUT2D eigenvalue weighted by Gasteiger charge is -2.28. The quantitative estimate of drug-likeness (QED) is 0.878. The Kier molecular flexibility index (Phi) is 5.05. The average Bonchev–Trinajstić information content (AvgIpc) is 2.79. The molecule has 1 aliphatic rings. The van der Waals surface area contributed by atoms with Crippen molar-refractivity contribution < 1.29 is 13.2 Å². The second-order valence-electron chi connectivity index (χ2n) is 5.79. The minimum Gasteiger partial charge on any atom is -0.334 e. The van der Waals surface area contributed by atoms with Crippen LogP contribution in [-0.4, -0.2) is 48.3 Å². The Bertz CT molecular complexity index is 708. The summed E-state index contributed by atoms with van der Waals surface area (Å²) in [5, 5.41) is 0. The molecule has 0 bridgehead atoms. The number of H-pyrrole nitrogens is 1. The summed E-state index contributed by atoms with van der Waals surface area (Å²) in [6.07, 6.45) is 2.13. The molecule has 2 rings (SSSR count). The van der Waals surface area contributed by atoms with Gasteiger partial charge in [0.05, 0.1) is 11.5 Å². The molecular formula is C15H22N2O4S. The van der Waals surface area contributed by atoms with Crippen molar-refractivity contribution in [1.29, 1.82) is 0 Å². The number of sulfone groups is 1. The van der Waals surface area contributed by atoms with E-state index in [9.17, 15) is 18.0 Å². The second-order valence-corrected chi connectivity index (χ2v) is 8.02. The third kappa shape index (κ3) is 3.76. The molecule has 6 nitrogen and oxygen atoms in total. The van der Waals surface area contributed by atoms with E-state index in [1.165, 1.54) is 6.07 Å². The topological polar surface area (TPSA) is 87.3 Å². The van der Waals surface area contributed by atoms with Gasteiger partial charge in [-0.2, -0.15) is 0 Å². The molecular weight excluding hydrogens is 304 g/mol. The highest BCUT2D eigenvalue weighted by molar-refractivity contribution is 7.91. The fraction of sp³-hybridized carbons (Fsp3) is 0.600. The molecule has 0 unspecified atom stereocenters. The zero-order valence-corrected chi connectivity index (χ0v) is 13.8. The highest BCUT2D eigenvalue weighted by atomic mass is 32.2. The second kappa shape index (κ2) is 6.64. The monoisotopic (exact) mass is 326 g/mol. The number of amides is 1. The van der Waals surface area contributed by atoms with E-state index in [1.807, 2.05) is 6.92 Å². The Balaban J connectivity index is 2.28. The van der Waals surface area contributed by atoms with Crippen LogP contribution in [0.5, 0.6) is 0 Å². The molecule has 1 aliphatic heterocycles. The Hall–Kier alpha value is -1.63. The molecule has 1 aromatic rings. The maximum absolute atomic E-state index is 12.7. The van der Waals surface area contributed by atoms with Gasteiger partial charge in [0.1, 0.15) is 5.56 Å². The number of pyridine rings is 1. The van der Waals surface area contributed by atoms with Crippen LogP contribution in [0.25, 0.3) is 0 Å². The van der Waals surface area contributed by atoms with Crippen LogP contribution in [0.2, 0.25) is 0 Å². The molecule has 0 saturated carbocycles. The number of unbranched alkanes of at least 4 members (excludes halogenated alkanes) is 1. The minimum absolute atomic E-state index is 0.00772. The molecule has 1 amide bonds. The van der Waals surface area contributed by atoms with Crippen molar-refractivity contribution in [3.05, 3.63) is 33.7 Å². The van der Waals surface area contributed by atoms with Crippen LogP contribution in [0.4, 0.5) is 0 Å². The largest absolute Gasteiger partial charge is 0.334 e. The van der Waals surface area contributed by atoms with E-state index in [0.29, 0.717) is 18.7 Å². The van der Waals surface area contributed by atoms with Gasteiger partial charge in [-0.3, -0.25) is 9.59 Å². The van der Waals surface area contributed by atoms with Gasteiger partial charge in [0.25, 0.3) is 11.5 Å². The van der Waals surface area contributed by atoms with Crippen LogP contribution in [0.1, 0.15) is 42.2 Å². The number of hydrogen-bond acceptors (Lipinski definition) is 4. The molecule has 7 heteroatoms. The Morgan fingerprint density at radius 3 is 2.68 bits per heavy atom. The number of aromatic nitrogens is 1. The van der Waals surface area contributed by atoms with Gasteiger partial charge >= 0.3 is 0 Å². The minimum atomic E-state index is -3.08. The molecule has 1 saturated heterocycles. The number of aromatic amines is 1. The summed E-state index contributed by atoms with van der Waals surface area (Å²) in [5.41, 5.74) is 0.337. The van der Waals surface area contributed by atoms with Crippen molar-refractivity contribution in [3.8, 4) is 0 Å². The van der Waals surface area contributed by atoms with Crippen molar-refractivity contribution in [1.82, 2.24) is 9.88 Å². The molecule has 0 aliphatic carbocycles. The van der Waals surface area contributed by atoms with E-state index < -0.39 is 15.4 Å². The van der Waals surface area contributed by atoms with E-state index in [0.717, 1.165) is 12.8 Å². The fourth-order valence-electron chi connectivity index (χ4n) is 2.69. The van der Waals surface area contributed by atoms with Crippen molar-refractivity contribution in [2.24, 2.45) is 0 Å². The first-order chi connectivity index (χ1) is 10.3. The number of nitrogens with one attached hydrogen (secondary N) is 1. The molecule has 122 valence electrons. The maximum Gasteiger partial charge on any atom is 0.260 e. The number of aryl methyl sites for hydroxylation is 1. The smallest absolute Gasteiger partial charge is 0.260 e. The van der Waals surface area contributed by atoms with Gasteiger partial charge in [-0.15, -0.1) is 0 Å². The van der Waals surface area contributed by atoms with E-state index in [1.54, 1.807) is 17.9 Å². The first-order valence-electron chi connectivity index (χ1n) is 7.55. The molecule has 2 heterocycles. The van der Waals surface area contributed by atoms with Crippen molar-refractivity contribution in [3.63, 3.8) is 0 Å². The maximum atomic E-state index is 12.7. The molecule has 1 atom stereocenters.